The minimum Gasteiger partial charge on any atom is -0.497 e. The molecule has 0 unspecified atom stereocenters. The number of unbranched alkanes of at least 4 members (excludes halogenated alkanes) is 4. The van der Waals surface area contributed by atoms with E-state index in [1.54, 1.807) is 14.0 Å². The first-order chi connectivity index (χ1) is 13.4. The molecule has 0 radical (unpaired) electrons. The standard InChI is InChI=1S/C22H32O6/c1-17(14-21(23)24)19(15-22(25)26)8-6-4-3-5-7-13-28-16-18-9-11-20(27-2)12-10-18/h9-12H,3-8,13-16H2,1-2H3,(H,23,24)(H,25,26)/b19-17-. The van der Waals surface area contributed by atoms with Crippen LogP contribution in [0.4, 0.5) is 0 Å². The summed E-state index contributed by atoms with van der Waals surface area (Å²) in [6.07, 6.45) is 5.49. The molecule has 28 heavy (non-hydrogen) atoms. The van der Waals surface area contributed by atoms with Crippen molar-refractivity contribution in [2.45, 2.75) is 64.9 Å². The molecule has 0 atom stereocenters. The number of benzene rings is 1. The maximum Gasteiger partial charge on any atom is 0.307 e. The quantitative estimate of drug-likeness (QED) is 0.328. The Balaban J connectivity index is 2.14. The zero-order valence-electron chi connectivity index (χ0n) is 16.9. The topological polar surface area (TPSA) is 93.1 Å². The van der Waals surface area contributed by atoms with E-state index in [1.807, 2.05) is 24.3 Å². The van der Waals surface area contributed by atoms with Gasteiger partial charge in [-0.25, -0.2) is 0 Å². The van der Waals surface area contributed by atoms with Crippen LogP contribution in [0.25, 0.3) is 0 Å². The number of carboxylic acids is 2. The number of hydrogen-bond acceptors (Lipinski definition) is 4. The van der Waals surface area contributed by atoms with Gasteiger partial charge in [0.2, 0.25) is 0 Å². The van der Waals surface area contributed by atoms with Gasteiger partial charge in [0.15, 0.2) is 0 Å². The van der Waals surface area contributed by atoms with Crippen molar-refractivity contribution in [3.05, 3.63) is 41.0 Å². The predicted octanol–water partition coefficient (Wildman–Crippen LogP) is 4.82. The van der Waals surface area contributed by atoms with Crippen molar-refractivity contribution in [2.75, 3.05) is 13.7 Å². The van der Waals surface area contributed by atoms with Crippen LogP contribution in [0.15, 0.2) is 35.4 Å². The number of ether oxygens (including phenoxy) is 2. The number of carbonyl (C=O) groups is 2. The summed E-state index contributed by atoms with van der Waals surface area (Å²) in [5.74, 6) is -0.993. The fourth-order valence-electron chi connectivity index (χ4n) is 2.97. The smallest absolute Gasteiger partial charge is 0.307 e. The van der Waals surface area contributed by atoms with Crippen molar-refractivity contribution in [1.29, 1.82) is 0 Å². The Morgan fingerprint density at radius 2 is 1.50 bits per heavy atom. The molecule has 0 aliphatic heterocycles. The maximum atomic E-state index is 11.0. The van der Waals surface area contributed by atoms with Crippen LogP contribution in [0, 0.1) is 0 Å². The molecule has 0 heterocycles. The van der Waals surface area contributed by atoms with Gasteiger partial charge in [0, 0.05) is 6.61 Å². The van der Waals surface area contributed by atoms with Crippen molar-refractivity contribution in [3.63, 3.8) is 0 Å². The van der Waals surface area contributed by atoms with Gasteiger partial charge in [0.1, 0.15) is 5.75 Å². The van der Waals surface area contributed by atoms with Gasteiger partial charge < -0.3 is 19.7 Å². The minimum absolute atomic E-state index is 0.0711. The highest BCUT2D eigenvalue weighted by Gasteiger charge is 2.10. The van der Waals surface area contributed by atoms with Crippen molar-refractivity contribution < 1.29 is 29.3 Å². The highest BCUT2D eigenvalue weighted by Crippen LogP contribution is 2.20. The molecule has 0 aliphatic rings. The average molecular weight is 392 g/mol. The molecule has 0 saturated heterocycles. The maximum absolute atomic E-state index is 11.0. The molecule has 0 spiro atoms. The van der Waals surface area contributed by atoms with E-state index in [4.69, 9.17) is 19.7 Å². The van der Waals surface area contributed by atoms with E-state index in [0.29, 0.717) is 25.2 Å². The zero-order chi connectivity index (χ0) is 20.8. The Hall–Kier alpha value is -2.34. The second kappa shape index (κ2) is 13.8. The van der Waals surface area contributed by atoms with Gasteiger partial charge >= 0.3 is 11.9 Å². The number of carboxylic acid groups (broad SMARTS) is 2. The summed E-state index contributed by atoms with van der Waals surface area (Å²) in [4.78, 5) is 21.8. The highest BCUT2D eigenvalue weighted by atomic mass is 16.5. The minimum atomic E-state index is -0.921. The molecule has 1 aromatic carbocycles. The molecule has 0 fully saturated rings. The second-order valence-corrected chi connectivity index (χ2v) is 6.94. The van der Waals surface area contributed by atoms with E-state index < -0.39 is 11.9 Å². The summed E-state index contributed by atoms with van der Waals surface area (Å²) in [6, 6.07) is 7.83. The Morgan fingerprint density at radius 3 is 2.11 bits per heavy atom. The van der Waals surface area contributed by atoms with Gasteiger partial charge in [-0.15, -0.1) is 0 Å². The summed E-state index contributed by atoms with van der Waals surface area (Å²) < 4.78 is 10.8. The first kappa shape index (κ1) is 23.7. The number of hydrogen-bond donors (Lipinski definition) is 2. The average Bonchev–Trinajstić information content (AvgIpc) is 2.65. The monoisotopic (exact) mass is 392 g/mol. The van der Waals surface area contributed by atoms with Gasteiger partial charge in [-0.1, -0.05) is 42.5 Å². The van der Waals surface area contributed by atoms with Crippen molar-refractivity contribution >= 4 is 11.9 Å². The number of methoxy groups -OCH3 is 1. The Morgan fingerprint density at radius 1 is 0.893 bits per heavy atom. The van der Waals surface area contributed by atoms with Crippen LogP contribution in [-0.4, -0.2) is 35.9 Å². The van der Waals surface area contributed by atoms with E-state index in [-0.39, 0.29) is 12.8 Å². The van der Waals surface area contributed by atoms with Gasteiger partial charge in [0.25, 0.3) is 0 Å². The molecule has 0 aromatic heterocycles. The van der Waals surface area contributed by atoms with E-state index in [1.165, 1.54) is 0 Å². The third-order valence-electron chi connectivity index (χ3n) is 4.58. The summed E-state index contributed by atoms with van der Waals surface area (Å²) >= 11 is 0. The predicted molar refractivity (Wildman–Crippen MR) is 108 cm³/mol. The Bertz CT molecular complexity index is 633. The van der Waals surface area contributed by atoms with Crippen LogP contribution in [0.1, 0.15) is 63.9 Å². The number of rotatable bonds is 15. The molecule has 156 valence electrons. The molecular weight excluding hydrogens is 360 g/mol. The van der Waals surface area contributed by atoms with Crippen LogP contribution < -0.4 is 4.74 Å². The van der Waals surface area contributed by atoms with Crippen LogP contribution in [0.2, 0.25) is 0 Å². The van der Waals surface area contributed by atoms with Crippen LogP contribution >= 0.6 is 0 Å². The molecule has 1 aromatic rings. The first-order valence-corrected chi connectivity index (χ1v) is 9.74. The molecule has 6 heteroatoms. The van der Waals surface area contributed by atoms with Gasteiger partial charge in [-0.05, 0) is 43.9 Å². The molecule has 0 aliphatic carbocycles. The number of aliphatic carboxylic acids is 2. The Labute approximate surface area is 167 Å². The van der Waals surface area contributed by atoms with E-state index in [2.05, 4.69) is 0 Å². The van der Waals surface area contributed by atoms with Crippen molar-refractivity contribution in [3.8, 4) is 5.75 Å². The Kier molecular flexibility index (Phi) is 11.7. The van der Waals surface area contributed by atoms with E-state index >= 15 is 0 Å². The van der Waals surface area contributed by atoms with Crippen molar-refractivity contribution in [1.82, 2.24) is 0 Å². The third kappa shape index (κ3) is 10.7. The summed E-state index contributed by atoms with van der Waals surface area (Å²) in [5.41, 5.74) is 2.54. The normalized spacial score (nSPS) is 11.8. The lowest BCUT2D eigenvalue weighted by molar-refractivity contribution is -0.137. The fraction of sp³-hybridized carbons (Fsp3) is 0.545. The van der Waals surface area contributed by atoms with Gasteiger partial charge in [-0.2, -0.15) is 0 Å². The largest absolute Gasteiger partial charge is 0.497 e. The third-order valence-corrected chi connectivity index (χ3v) is 4.58. The van der Waals surface area contributed by atoms with E-state index in [0.717, 1.165) is 49.0 Å². The van der Waals surface area contributed by atoms with Gasteiger partial charge in [0.05, 0.1) is 26.6 Å². The summed E-state index contributed by atoms with van der Waals surface area (Å²) in [7, 11) is 1.64. The lowest BCUT2D eigenvalue weighted by atomic mass is 9.97. The molecule has 6 nitrogen and oxygen atoms in total. The molecule has 0 saturated carbocycles. The summed E-state index contributed by atoms with van der Waals surface area (Å²) in [5, 5.41) is 17.9. The fourth-order valence-corrected chi connectivity index (χ4v) is 2.97. The van der Waals surface area contributed by atoms with Gasteiger partial charge in [-0.3, -0.25) is 9.59 Å². The van der Waals surface area contributed by atoms with Crippen LogP contribution in [-0.2, 0) is 20.9 Å². The SMILES string of the molecule is COc1ccc(COCCCCCCC/C(CC(=O)O)=C(\C)CC(=O)O)cc1. The van der Waals surface area contributed by atoms with E-state index in [9.17, 15) is 9.59 Å². The molecule has 2 N–H and O–H groups in total. The molecule has 0 amide bonds. The zero-order valence-corrected chi connectivity index (χ0v) is 16.9. The first-order valence-electron chi connectivity index (χ1n) is 9.74. The lowest BCUT2D eigenvalue weighted by Crippen LogP contribution is -2.03. The lowest BCUT2D eigenvalue weighted by Gasteiger charge is -2.10. The highest BCUT2D eigenvalue weighted by molar-refractivity contribution is 5.73. The van der Waals surface area contributed by atoms with Crippen LogP contribution in [0.3, 0.4) is 0 Å². The van der Waals surface area contributed by atoms with Crippen LogP contribution in [0.5, 0.6) is 5.75 Å². The van der Waals surface area contributed by atoms with Crippen molar-refractivity contribution in [2.24, 2.45) is 0 Å². The molecule has 0 bridgehead atoms. The second-order valence-electron chi connectivity index (χ2n) is 6.94. The molecule has 1 rings (SSSR count). The summed E-state index contributed by atoms with van der Waals surface area (Å²) in [6.45, 7) is 3.02. The molecular formula is C22H32O6.